The smallest absolute Gasteiger partial charge is 0.232 e. The highest BCUT2D eigenvalue weighted by atomic mass is 16.5. The third kappa shape index (κ3) is 4.91. The third-order valence-corrected chi connectivity index (χ3v) is 7.45. The fraction of sp³-hybridized carbons (Fsp3) is 0.448. The Kier molecular flexibility index (Phi) is 5.98. The number of para-hydroxylation sites is 1. The van der Waals surface area contributed by atoms with Crippen LogP contribution < -0.4 is 15.8 Å². The molecule has 2 amide bonds. The van der Waals surface area contributed by atoms with Crippen LogP contribution in [0.1, 0.15) is 75.7 Å². The summed E-state index contributed by atoms with van der Waals surface area (Å²) in [4.78, 5) is 32.9. The lowest BCUT2D eigenvalue weighted by molar-refractivity contribution is -0.132. The lowest BCUT2D eigenvalue weighted by Gasteiger charge is -2.39. The van der Waals surface area contributed by atoms with Crippen molar-refractivity contribution in [3.8, 4) is 11.8 Å². The maximum Gasteiger partial charge on any atom is 0.232 e. The van der Waals surface area contributed by atoms with E-state index in [9.17, 15) is 14.9 Å². The molecule has 1 aliphatic carbocycles. The first-order valence-electron chi connectivity index (χ1n) is 12.7. The van der Waals surface area contributed by atoms with Crippen LogP contribution >= 0.6 is 0 Å². The molecular formula is C29H33N5O3. The summed E-state index contributed by atoms with van der Waals surface area (Å²) < 4.78 is 6.12. The summed E-state index contributed by atoms with van der Waals surface area (Å²) in [5.74, 6) is 0.419. The minimum Gasteiger partial charge on any atom is -0.487 e. The molecule has 2 aromatic carbocycles. The second-order valence-corrected chi connectivity index (χ2v) is 11.6. The highest BCUT2D eigenvalue weighted by Gasteiger charge is 2.53. The molecule has 3 N–H and O–H groups in total. The highest BCUT2D eigenvalue weighted by Crippen LogP contribution is 2.51. The quantitative estimate of drug-likeness (QED) is 0.645. The maximum atomic E-state index is 13.5. The first-order chi connectivity index (χ1) is 17.5. The summed E-state index contributed by atoms with van der Waals surface area (Å²) in [5, 5.41) is 12.5. The Morgan fingerprint density at radius 1 is 1.19 bits per heavy atom. The molecule has 8 heteroatoms. The van der Waals surface area contributed by atoms with Crippen LogP contribution in [0.15, 0.2) is 53.5 Å². The van der Waals surface area contributed by atoms with Crippen LogP contribution in [0.4, 0.5) is 0 Å². The number of ether oxygens (including phenoxy) is 1. The summed E-state index contributed by atoms with van der Waals surface area (Å²) in [7, 11) is 0. The number of aliphatic imine (C=N–C) groups is 1. The van der Waals surface area contributed by atoms with Gasteiger partial charge in [0.15, 0.2) is 5.96 Å². The molecule has 2 heterocycles. The van der Waals surface area contributed by atoms with Gasteiger partial charge in [0.1, 0.15) is 11.4 Å². The summed E-state index contributed by atoms with van der Waals surface area (Å²) in [6.45, 7) is 7.81. The van der Waals surface area contributed by atoms with E-state index >= 15 is 0 Å². The molecule has 8 nitrogen and oxygen atoms in total. The van der Waals surface area contributed by atoms with Crippen molar-refractivity contribution in [2.24, 2.45) is 22.6 Å². The van der Waals surface area contributed by atoms with Gasteiger partial charge in [-0.1, -0.05) is 30.3 Å². The summed E-state index contributed by atoms with van der Waals surface area (Å²) in [6, 6.07) is 16.5. The molecule has 3 aliphatic rings. The standard InChI is InChI=1S/C29H33N5O3/c1-28(2)15-24(35)34(27(31)33-28)25(18-11-9-17(16-30)10-12-18)20-13-21(20)26(36)32-22-14-29(3,4)37-23-8-6-5-7-19(22)23/h5-12,20-22,25H,13-15H2,1-4H3,(H2,31,33)(H,32,36)/t20-,21-,22+,25-/m1/s1. The number of nitrogens with zero attached hydrogens (tertiary/aromatic N) is 3. The van der Waals surface area contributed by atoms with Crippen molar-refractivity contribution in [2.45, 2.75) is 70.2 Å². The number of nitriles is 1. The van der Waals surface area contributed by atoms with Gasteiger partial charge in [0.2, 0.25) is 11.8 Å². The average Bonchev–Trinajstić information content (AvgIpc) is 3.61. The first-order valence-corrected chi connectivity index (χ1v) is 12.7. The number of amides is 2. The monoisotopic (exact) mass is 499 g/mol. The molecule has 2 aliphatic heterocycles. The van der Waals surface area contributed by atoms with Crippen LogP contribution in [-0.2, 0) is 9.59 Å². The van der Waals surface area contributed by atoms with E-state index in [0.29, 0.717) is 18.4 Å². The number of nitrogens with two attached hydrogens (primary N) is 1. The molecule has 0 bridgehead atoms. The molecule has 37 heavy (non-hydrogen) atoms. The van der Waals surface area contributed by atoms with Gasteiger partial charge in [0.05, 0.1) is 35.7 Å². The number of rotatable bonds is 5. The van der Waals surface area contributed by atoms with Crippen LogP contribution in [0.5, 0.6) is 5.75 Å². The molecular weight excluding hydrogens is 466 g/mol. The molecule has 0 spiro atoms. The van der Waals surface area contributed by atoms with Crippen LogP contribution in [-0.4, -0.2) is 33.8 Å². The zero-order chi connectivity index (χ0) is 26.5. The molecule has 192 valence electrons. The zero-order valence-electron chi connectivity index (χ0n) is 21.7. The van der Waals surface area contributed by atoms with Gasteiger partial charge in [0.25, 0.3) is 0 Å². The highest BCUT2D eigenvalue weighted by molar-refractivity contribution is 5.99. The van der Waals surface area contributed by atoms with Crippen LogP contribution in [0.25, 0.3) is 0 Å². The predicted octanol–water partition coefficient (Wildman–Crippen LogP) is 3.98. The number of carbonyl (C=O) groups excluding carboxylic acids is 2. The Hall–Kier alpha value is -3.86. The maximum absolute atomic E-state index is 13.5. The second-order valence-electron chi connectivity index (χ2n) is 11.6. The van der Waals surface area contributed by atoms with E-state index in [0.717, 1.165) is 16.9 Å². The SMILES string of the molecule is CC1(C)CC(=O)N([C@H](c2ccc(C#N)cc2)[C@@H]2C[C@H]2C(=O)N[C@H]2CC(C)(C)Oc3ccccc32)C(N)=N1. The van der Waals surface area contributed by atoms with Crippen LogP contribution in [0.2, 0.25) is 0 Å². The molecule has 0 saturated heterocycles. The number of guanidine groups is 1. The van der Waals surface area contributed by atoms with Gasteiger partial charge in [-0.2, -0.15) is 5.26 Å². The second kappa shape index (κ2) is 8.91. The van der Waals surface area contributed by atoms with Gasteiger partial charge in [0, 0.05) is 17.9 Å². The lowest BCUT2D eigenvalue weighted by atomic mass is 9.89. The fourth-order valence-corrected chi connectivity index (χ4v) is 5.70. The molecule has 4 atom stereocenters. The van der Waals surface area contributed by atoms with Crippen molar-refractivity contribution in [3.05, 3.63) is 65.2 Å². The Labute approximate surface area is 217 Å². The van der Waals surface area contributed by atoms with E-state index in [2.05, 4.69) is 16.4 Å². The minimum atomic E-state index is -0.573. The number of fused-ring (bicyclic) bond motifs is 1. The predicted molar refractivity (Wildman–Crippen MR) is 139 cm³/mol. The van der Waals surface area contributed by atoms with Crippen molar-refractivity contribution >= 4 is 17.8 Å². The van der Waals surface area contributed by atoms with Crippen LogP contribution in [0, 0.1) is 23.2 Å². The van der Waals surface area contributed by atoms with E-state index < -0.39 is 17.2 Å². The van der Waals surface area contributed by atoms with Crippen LogP contribution in [0.3, 0.4) is 0 Å². The minimum absolute atomic E-state index is 0.0403. The zero-order valence-corrected chi connectivity index (χ0v) is 21.7. The Morgan fingerprint density at radius 2 is 1.89 bits per heavy atom. The van der Waals surface area contributed by atoms with E-state index in [1.807, 2.05) is 64.1 Å². The molecule has 5 rings (SSSR count). The normalized spacial score (nSPS) is 26.1. The fourth-order valence-electron chi connectivity index (χ4n) is 5.70. The molecule has 0 unspecified atom stereocenters. The number of benzene rings is 2. The van der Waals surface area contributed by atoms with E-state index in [1.54, 1.807) is 17.0 Å². The van der Waals surface area contributed by atoms with E-state index in [4.69, 9.17) is 10.5 Å². The van der Waals surface area contributed by atoms with Crippen molar-refractivity contribution in [2.75, 3.05) is 0 Å². The number of hydrogen-bond acceptors (Lipinski definition) is 6. The largest absolute Gasteiger partial charge is 0.487 e. The van der Waals surface area contributed by atoms with Gasteiger partial charge in [-0.3, -0.25) is 14.5 Å². The third-order valence-electron chi connectivity index (χ3n) is 7.45. The molecule has 1 fully saturated rings. The summed E-state index contributed by atoms with van der Waals surface area (Å²) in [6.07, 6.45) is 1.52. The number of carbonyl (C=O) groups is 2. The lowest BCUT2D eigenvalue weighted by Crippen LogP contribution is -2.52. The summed E-state index contributed by atoms with van der Waals surface area (Å²) in [5.41, 5.74) is 7.71. The number of hydrogen-bond donors (Lipinski definition) is 2. The Balaban J connectivity index is 1.41. The molecule has 0 radical (unpaired) electrons. The van der Waals surface area contributed by atoms with Crippen molar-refractivity contribution in [3.63, 3.8) is 0 Å². The Morgan fingerprint density at radius 3 is 2.57 bits per heavy atom. The molecule has 1 saturated carbocycles. The van der Waals surface area contributed by atoms with E-state index in [-0.39, 0.29) is 42.1 Å². The topological polar surface area (TPSA) is 121 Å². The average molecular weight is 500 g/mol. The van der Waals surface area contributed by atoms with Gasteiger partial charge < -0.3 is 15.8 Å². The van der Waals surface area contributed by atoms with Gasteiger partial charge in [-0.15, -0.1) is 0 Å². The first kappa shape index (κ1) is 24.8. The van der Waals surface area contributed by atoms with Crippen molar-refractivity contribution < 1.29 is 14.3 Å². The van der Waals surface area contributed by atoms with Gasteiger partial charge in [-0.25, -0.2) is 4.99 Å². The Bertz CT molecular complexity index is 1310. The summed E-state index contributed by atoms with van der Waals surface area (Å²) >= 11 is 0. The van der Waals surface area contributed by atoms with Gasteiger partial charge >= 0.3 is 0 Å². The molecule has 2 aromatic rings. The molecule has 0 aromatic heterocycles. The van der Waals surface area contributed by atoms with Gasteiger partial charge in [-0.05, 0) is 63.8 Å². The van der Waals surface area contributed by atoms with Crippen molar-refractivity contribution in [1.82, 2.24) is 10.2 Å². The number of nitrogens with one attached hydrogen (secondary N) is 1. The van der Waals surface area contributed by atoms with Crippen molar-refractivity contribution in [1.29, 1.82) is 5.26 Å². The van der Waals surface area contributed by atoms with E-state index in [1.165, 1.54) is 0 Å².